The number of rotatable bonds is 4. The Morgan fingerprint density at radius 1 is 1.58 bits per heavy atom. The minimum Gasteiger partial charge on any atom is -0.375 e. The number of ether oxygens (including phenoxy) is 1. The second-order valence-corrected chi connectivity index (χ2v) is 4.95. The van der Waals surface area contributed by atoms with E-state index in [0.29, 0.717) is 19.6 Å². The molecule has 0 radical (unpaired) electrons. The number of amides is 1. The lowest BCUT2D eigenvalue weighted by Crippen LogP contribution is -2.41. The summed E-state index contributed by atoms with van der Waals surface area (Å²) in [6.45, 7) is 6.80. The molecule has 1 aromatic heterocycles. The number of hydrogen-bond donors (Lipinski definition) is 2. The Morgan fingerprint density at radius 2 is 2.37 bits per heavy atom. The van der Waals surface area contributed by atoms with Gasteiger partial charge in [0.15, 0.2) is 0 Å². The number of aryl methyl sites for hydroxylation is 2. The van der Waals surface area contributed by atoms with Crippen LogP contribution in [0.5, 0.6) is 0 Å². The number of morpholine rings is 1. The first-order chi connectivity index (χ1) is 9.08. The molecule has 6 nitrogen and oxygen atoms in total. The van der Waals surface area contributed by atoms with E-state index in [0.717, 1.165) is 30.0 Å². The minimum absolute atomic E-state index is 0.00941. The van der Waals surface area contributed by atoms with Crippen LogP contribution in [0.25, 0.3) is 0 Å². The van der Waals surface area contributed by atoms with E-state index in [9.17, 15) is 4.79 Å². The number of hydrogen-bond acceptors (Lipinski definition) is 4. The Hall–Kier alpha value is -1.40. The summed E-state index contributed by atoms with van der Waals surface area (Å²) in [5.41, 5.74) is 3.16. The minimum atomic E-state index is -0.00941. The summed E-state index contributed by atoms with van der Waals surface area (Å²) in [7, 11) is 1.91. The third-order valence-electron chi connectivity index (χ3n) is 3.54. The van der Waals surface area contributed by atoms with Crippen molar-refractivity contribution >= 4 is 5.91 Å². The molecule has 6 heteroatoms. The number of carbonyl (C=O) groups excluding carboxylic acids is 1. The molecule has 2 rings (SSSR count). The maximum Gasteiger partial charge on any atom is 0.222 e. The van der Waals surface area contributed by atoms with Gasteiger partial charge in [0.2, 0.25) is 5.91 Å². The maximum atomic E-state index is 11.9. The fraction of sp³-hybridized carbons (Fsp3) is 0.692. The van der Waals surface area contributed by atoms with Gasteiger partial charge in [-0.05, 0) is 13.8 Å². The van der Waals surface area contributed by atoms with Gasteiger partial charge >= 0.3 is 0 Å². The van der Waals surface area contributed by atoms with Gasteiger partial charge in [0.05, 0.1) is 24.8 Å². The van der Waals surface area contributed by atoms with Gasteiger partial charge < -0.3 is 15.4 Å². The van der Waals surface area contributed by atoms with Crippen LogP contribution >= 0.6 is 0 Å². The van der Waals surface area contributed by atoms with Crippen molar-refractivity contribution in [2.24, 2.45) is 7.05 Å². The van der Waals surface area contributed by atoms with Gasteiger partial charge in [0.1, 0.15) is 0 Å². The standard InChI is InChI=1S/C13H22N4O2/c1-9-12(10(2)17(3)16-9)8-15-13(18)6-11-7-14-4-5-19-11/h11,14H,4-8H2,1-3H3,(H,15,18). The van der Waals surface area contributed by atoms with E-state index in [2.05, 4.69) is 15.7 Å². The fourth-order valence-electron chi connectivity index (χ4n) is 2.29. The van der Waals surface area contributed by atoms with Crippen LogP contribution in [-0.2, 0) is 23.1 Å². The Morgan fingerprint density at radius 3 is 2.95 bits per heavy atom. The zero-order valence-corrected chi connectivity index (χ0v) is 11.8. The third kappa shape index (κ3) is 3.54. The first-order valence-electron chi connectivity index (χ1n) is 6.66. The third-order valence-corrected chi connectivity index (χ3v) is 3.54. The predicted molar refractivity (Wildman–Crippen MR) is 71.8 cm³/mol. The van der Waals surface area contributed by atoms with Crippen molar-refractivity contribution in [2.75, 3.05) is 19.7 Å². The molecule has 0 bridgehead atoms. The maximum absolute atomic E-state index is 11.9. The normalized spacial score (nSPS) is 19.4. The van der Waals surface area contributed by atoms with Crippen molar-refractivity contribution < 1.29 is 9.53 Å². The van der Waals surface area contributed by atoms with Gasteiger partial charge in [-0.1, -0.05) is 0 Å². The van der Waals surface area contributed by atoms with Crippen molar-refractivity contribution in [3.05, 3.63) is 17.0 Å². The molecule has 0 saturated carbocycles. The largest absolute Gasteiger partial charge is 0.375 e. The molecular formula is C13H22N4O2. The molecule has 1 fully saturated rings. The summed E-state index contributed by atoms with van der Waals surface area (Å²) in [4.78, 5) is 11.9. The summed E-state index contributed by atoms with van der Waals surface area (Å²) in [5, 5.41) is 10.5. The van der Waals surface area contributed by atoms with Crippen LogP contribution < -0.4 is 10.6 Å². The van der Waals surface area contributed by atoms with Crippen LogP contribution in [-0.4, -0.2) is 41.5 Å². The first-order valence-corrected chi connectivity index (χ1v) is 6.66. The molecule has 0 spiro atoms. The van der Waals surface area contributed by atoms with Crippen molar-refractivity contribution in [3.8, 4) is 0 Å². The molecule has 0 aromatic carbocycles. The Balaban J connectivity index is 1.82. The highest BCUT2D eigenvalue weighted by Crippen LogP contribution is 2.11. The topological polar surface area (TPSA) is 68.2 Å². The van der Waals surface area contributed by atoms with Crippen molar-refractivity contribution in [1.29, 1.82) is 0 Å². The van der Waals surface area contributed by atoms with Crippen molar-refractivity contribution in [2.45, 2.75) is 32.9 Å². The quantitative estimate of drug-likeness (QED) is 0.807. The monoisotopic (exact) mass is 266 g/mol. The molecule has 1 saturated heterocycles. The van der Waals surface area contributed by atoms with Crippen LogP contribution in [0.15, 0.2) is 0 Å². The number of aromatic nitrogens is 2. The fourth-order valence-corrected chi connectivity index (χ4v) is 2.29. The summed E-state index contributed by atoms with van der Waals surface area (Å²) in [6.07, 6.45) is 0.399. The van der Waals surface area contributed by atoms with Crippen LogP contribution in [0.4, 0.5) is 0 Å². The van der Waals surface area contributed by atoms with Gasteiger partial charge in [-0.25, -0.2) is 0 Å². The molecule has 1 unspecified atom stereocenters. The summed E-state index contributed by atoms with van der Waals surface area (Å²) in [6, 6.07) is 0. The lowest BCUT2D eigenvalue weighted by Gasteiger charge is -2.23. The van der Waals surface area contributed by atoms with Crippen LogP contribution in [0, 0.1) is 13.8 Å². The average Bonchev–Trinajstić information content (AvgIpc) is 2.62. The zero-order chi connectivity index (χ0) is 13.8. The van der Waals surface area contributed by atoms with E-state index in [1.807, 2.05) is 25.6 Å². The van der Waals surface area contributed by atoms with Crippen LogP contribution in [0.1, 0.15) is 23.4 Å². The SMILES string of the molecule is Cc1nn(C)c(C)c1CNC(=O)CC1CNCCO1. The molecule has 2 N–H and O–H groups in total. The van der Waals surface area contributed by atoms with Gasteiger partial charge in [-0.2, -0.15) is 5.10 Å². The zero-order valence-electron chi connectivity index (χ0n) is 11.8. The molecule has 1 atom stereocenters. The predicted octanol–water partition coefficient (Wildman–Crippen LogP) is 0.0316. The highest BCUT2D eigenvalue weighted by molar-refractivity contribution is 5.76. The Labute approximate surface area is 113 Å². The summed E-state index contributed by atoms with van der Waals surface area (Å²) in [5.74, 6) is 0.0244. The van der Waals surface area contributed by atoms with E-state index in [4.69, 9.17) is 4.74 Å². The summed E-state index contributed by atoms with van der Waals surface area (Å²) >= 11 is 0. The highest BCUT2D eigenvalue weighted by atomic mass is 16.5. The van der Waals surface area contributed by atoms with E-state index < -0.39 is 0 Å². The van der Waals surface area contributed by atoms with Gasteiger partial charge in [0, 0.05) is 37.9 Å². The molecule has 0 aliphatic carbocycles. The lowest BCUT2D eigenvalue weighted by molar-refractivity contribution is -0.124. The molecule has 1 aliphatic heterocycles. The van der Waals surface area contributed by atoms with Crippen LogP contribution in [0.2, 0.25) is 0 Å². The molecule has 1 amide bonds. The van der Waals surface area contributed by atoms with Crippen LogP contribution in [0.3, 0.4) is 0 Å². The van der Waals surface area contributed by atoms with Crippen molar-refractivity contribution in [3.63, 3.8) is 0 Å². The van der Waals surface area contributed by atoms with Gasteiger partial charge in [-0.15, -0.1) is 0 Å². The lowest BCUT2D eigenvalue weighted by atomic mass is 10.2. The van der Waals surface area contributed by atoms with Crippen molar-refractivity contribution in [1.82, 2.24) is 20.4 Å². The Kier molecular flexibility index (Phi) is 4.55. The molecule has 1 aliphatic rings. The van der Waals surface area contributed by atoms with E-state index in [1.54, 1.807) is 0 Å². The molecule has 2 heterocycles. The molecule has 1 aromatic rings. The van der Waals surface area contributed by atoms with E-state index in [-0.39, 0.29) is 12.0 Å². The average molecular weight is 266 g/mol. The smallest absolute Gasteiger partial charge is 0.222 e. The summed E-state index contributed by atoms with van der Waals surface area (Å²) < 4.78 is 7.35. The molecular weight excluding hydrogens is 244 g/mol. The second kappa shape index (κ2) is 6.16. The van der Waals surface area contributed by atoms with E-state index in [1.165, 1.54) is 0 Å². The number of carbonyl (C=O) groups is 1. The number of nitrogens with one attached hydrogen (secondary N) is 2. The number of nitrogens with zero attached hydrogens (tertiary/aromatic N) is 2. The second-order valence-electron chi connectivity index (χ2n) is 4.95. The Bertz CT molecular complexity index is 450. The first kappa shape index (κ1) is 14.0. The highest BCUT2D eigenvalue weighted by Gasteiger charge is 2.18. The molecule has 106 valence electrons. The molecule has 19 heavy (non-hydrogen) atoms. The van der Waals surface area contributed by atoms with Gasteiger partial charge in [-0.3, -0.25) is 9.48 Å². The van der Waals surface area contributed by atoms with Gasteiger partial charge in [0.25, 0.3) is 0 Å². The van der Waals surface area contributed by atoms with E-state index >= 15 is 0 Å².